The van der Waals surface area contributed by atoms with E-state index in [1.165, 1.54) is 0 Å². The quantitative estimate of drug-likeness (QED) is 0.668. The topological polar surface area (TPSA) is 68.5 Å². The van der Waals surface area contributed by atoms with E-state index in [4.69, 9.17) is 9.26 Å². The molecule has 0 fully saturated rings. The molecule has 0 radical (unpaired) electrons. The number of nitrogens with zero attached hydrogens (tertiary/aromatic N) is 3. The molecule has 6 heteroatoms. The van der Waals surface area contributed by atoms with Gasteiger partial charge < -0.3 is 14.2 Å². The largest absolute Gasteiger partial charge is 0.465 e. The van der Waals surface area contributed by atoms with Crippen molar-refractivity contribution in [2.45, 2.75) is 39.0 Å². The number of carbonyl (C=O) groups excluding carboxylic acids is 1. The molecule has 0 bridgehead atoms. The normalized spacial score (nSPS) is 12.7. The van der Waals surface area contributed by atoms with Crippen molar-refractivity contribution < 1.29 is 14.1 Å². The summed E-state index contributed by atoms with van der Waals surface area (Å²) in [5.74, 6) is 0.279. The lowest BCUT2D eigenvalue weighted by atomic mass is 10.0. The van der Waals surface area contributed by atoms with Crippen LogP contribution in [0.25, 0.3) is 0 Å². The second-order valence-corrected chi connectivity index (χ2v) is 4.70. The summed E-state index contributed by atoms with van der Waals surface area (Å²) in [6, 6.07) is 0. The fourth-order valence-electron chi connectivity index (χ4n) is 1.71. The summed E-state index contributed by atoms with van der Waals surface area (Å²) >= 11 is 0. The van der Waals surface area contributed by atoms with Gasteiger partial charge in [0.05, 0.1) is 6.61 Å². The van der Waals surface area contributed by atoms with E-state index < -0.39 is 5.92 Å². The van der Waals surface area contributed by atoms with Crippen LogP contribution in [0.3, 0.4) is 0 Å². The summed E-state index contributed by atoms with van der Waals surface area (Å²) in [6.07, 6.45) is 2.23. The molecule has 108 valence electrons. The third-order valence-corrected chi connectivity index (χ3v) is 2.71. The summed E-state index contributed by atoms with van der Waals surface area (Å²) < 4.78 is 10.2. The van der Waals surface area contributed by atoms with Crippen LogP contribution in [0.1, 0.15) is 44.3 Å². The van der Waals surface area contributed by atoms with Gasteiger partial charge in [0.2, 0.25) is 5.89 Å². The summed E-state index contributed by atoms with van der Waals surface area (Å²) in [5, 5.41) is 3.91. The van der Waals surface area contributed by atoms with Gasteiger partial charge in [0.25, 0.3) is 0 Å². The Morgan fingerprint density at radius 3 is 2.74 bits per heavy atom. The van der Waals surface area contributed by atoms with Crippen LogP contribution in [0.15, 0.2) is 4.52 Å². The van der Waals surface area contributed by atoms with Crippen molar-refractivity contribution >= 4 is 5.97 Å². The number of esters is 1. The molecule has 0 N–H and O–H groups in total. The lowest BCUT2D eigenvalue weighted by Gasteiger charge is -2.09. The molecular formula is C13H23N3O3. The maximum Gasteiger partial charge on any atom is 0.318 e. The van der Waals surface area contributed by atoms with Crippen LogP contribution in [0.5, 0.6) is 0 Å². The fourth-order valence-corrected chi connectivity index (χ4v) is 1.71. The van der Waals surface area contributed by atoms with Crippen LogP contribution in [-0.2, 0) is 16.0 Å². The molecule has 0 amide bonds. The van der Waals surface area contributed by atoms with E-state index in [1.807, 2.05) is 25.9 Å². The van der Waals surface area contributed by atoms with Crippen LogP contribution < -0.4 is 0 Å². The minimum absolute atomic E-state index is 0.285. The first-order chi connectivity index (χ1) is 9.08. The van der Waals surface area contributed by atoms with E-state index in [1.54, 1.807) is 6.92 Å². The second kappa shape index (κ2) is 7.89. The zero-order valence-electron chi connectivity index (χ0n) is 12.2. The molecule has 0 saturated carbocycles. The Morgan fingerprint density at radius 1 is 1.42 bits per heavy atom. The Bertz CT molecular complexity index is 390. The Morgan fingerprint density at radius 2 is 2.16 bits per heavy atom. The molecule has 6 nitrogen and oxygen atoms in total. The molecule has 0 aliphatic heterocycles. The van der Waals surface area contributed by atoms with E-state index >= 15 is 0 Å². The minimum atomic E-state index is -0.439. The van der Waals surface area contributed by atoms with Crippen molar-refractivity contribution in [2.24, 2.45) is 0 Å². The van der Waals surface area contributed by atoms with Crippen LogP contribution in [0, 0.1) is 0 Å². The van der Waals surface area contributed by atoms with Gasteiger partial charge in [-0.3, -0.25) is 4.79 Å². The van der Waals surface area contributed by atoms with Gasteiger partial charge in [0.15, 0.2) is 5.82 Å². The number of ether oxygens (including phenoxy) is 1. The predicted molar refractivity (Wildman–Crippen MR) is 70.8 cm³/mol. The maximum atomic E-state index is 11.9. The van der Waals surface area contributed by atoms with Crippen molar-refractivity contribution in [3.8, 4) is 0 Å². The van der Waals surface area contributed by atoms with Gasteiger partial charge in [-0.25, -0.2) is 0 Å². The average Bonchev–Trinajstić information content (AvgIpc) is 2.82. The fraction of sp³-hybridized carbons (Fsp3) is 0.769. The monoisotopic (exact) mass is 269 g/mol. The molecule has 1 unspecified atom stereocenters. The highest BCUT2D eigenvalue weighted by Crippen LogP contribution is 2.21. The Kier molecular flexibility index (Phi) is 6.49. The second-order valence-electron chi connectivity index (χ2n) is 4.70. The highest BCUT2D eigenvalue weighted by molar-refractivity contribution is 5.76. The predicted octanol–water partition coefficient (Wildman–Crippen LogP) is 1.62. The van der Waals surface area contributed by atoms with E-state index in [0.717, 1.165) is 13.0 Å². The Labute approximate surface area is 114 Å². The molecule has 0 aliphatic rings. The third kappa shape index (κ3) is 4.98. The molecule has 1 aromatic heterocycles. The van der Waals surface area contributed by atoms with Crippen molar-refractivity contribution in [1.29, 1.82) is 0 Å². The maximum absolute atomic E-state index is 11.9. The highest BCUT2D eigenvalue weighted by Gasteiger charge is 2.27. The van der Waals surface area contributed by atoms with E-state index in [0.29, 0.717) is 31.2 Å². The molecule has 0 saturated heterocycles. The van der Waals surface area contributed by atoms with Crippen molar-refractivity contribution in [1.82, 2.24) is 15.0 Å². The first-order valence-corrected chi connectivity index (χ1v) is 6.72. The lowest BCUT2D eigenvalue weighted by Crippen LogP contribution is -2.17. The number of likely N-dealkylation sites (N-methyl/N-ethyl adjacent to an activating group) is 1. The lowest BCUT2D eigenvalue weighted by molar-refractivity contribution is -0.145. The SMILES string of the molecule is CCCC(C(=O)OCC)c1nc(CCN(C)C)no1. The van der Waals surface area contributed by atoms with E-state index in [-0.39, 0.29) is 5.97 Å². The van der Waals surface area contributed by atoms with Crippen molar-refractivity contribution in [3.05, 3.63) is 11.7 Å². The third-order valence-electron chi connectivity index (χ3n) is 2.71. The number of aromatic nitrogens is 2. The highest BCUT2D eigenvalue weighted by atomic mass is 16.5. The number of rotatable bonds is 8. The van der Waals surface area contributed by atoms with Gasteiger partial charge in [-0.2, -0.15) is 4.98 Å². The average molecular weight is 269 g/mol. The zero-order valence-corrected chi connectivity index (χ0v) is 12.2. The summed E-state index contributed by atoms with van der Waals surface area (Å²) in [5.41, 5.74) is 0. The Hall–Kier alpha value is -1.43. The van der Waals surface area contributed by atoms with Gasteiger partial charge in [0, 0.05) is 13.0 Å². The van der Waals surface area contributed by atoms with Gasteiger partial charge in [-0.15, -0.1) is 0 Å². The summed E-state index contributed by atoms with van der Waals surface area (Å²) in [6.45, 7) is 5.00. The van der Waals surface area contributed by atoms with Gasteiger partial charge in [-0.1, -0.05) is 18.5 Å². The van der Waals surface area contributed by atoms with Crippen molar-refractivity contribution in [2.75, 3.05) is 27.2 Å². The van der Waals surface area contributed by atoms with Crippen LogP contribution in [-0.4, -0.2) is 48.3 Å². The van der Waals surface area contributed by atoms with Crippen LogP contribution in [0.4, 0.5) is 0 Å². The molecule has 0 spiro atoms. The molecule has 0 aromatic carbocycles. The molecule has 0 aliphatic carbocycles. The molecule has 1 atom stereocenters. The standard InChI is InChI=1S/C13H23N3O3/c1-5-7-10(13(17)18-6-2)12-14-11(15-19-12)8-9-16(3)4/h10H,5-9H2,1-4H3. The molecule has 1 aromatic rings. The van der Waals surface area contributed by atoms with Crippen LogP contribution >= 0.6 is 0 Å². The van der Waals surface area contributed by atoms with Crippen LogP contribution in [0.2, 0.25) is 0 Å². The number of hydrogen-bond donors (Lipinski definition) is 0. The summed E-state index contributed by atoms with van der Waals surface area (Å²) in [7, 11) is 3.97. The molecular weight excluding hydrogens is 246 g/mol. The number of carbonyl (C=O) groups is 1. The van der Waals surface area contributed by atoms with Gasteiger partial charge in [0.1, 0.15) is 5.92 Å². The Balaban J connectivity index is 2.71. The molecule has 19 heavy (non-hydrogen) atoms. The zero-order chi connectivity index (χ0) is 14.3. The number of hydrogen-bond acceptors (Lipinski definition) is 6. The summed E-state index contributed by atoms with van der Waals surface area (Å²) in [4.78, 5) is 18.2. The van der Waals surface area contributed by atoms with Crippen molar-refractivity contribution in [3.63, 3.8) is 0 Å². The van der Waals surface area contributed by atoms with Gasteiger partial charge >= 0.3 is 5.97 Å². The molecule has 1 heterocycles. The van der Waals surface area contributed by atoms with Gasteiger partial charge in [-0.05, 0) is 27.4 Å². The molecule has 1 rings (SSSR count). The first-order valence-electron chi connectivity index (χ1n) is 6.72. The minimum Gasteiger partial charge on any atom is -0.465 e. The smallest absolute Gasteiger partial charge is 0.318 e. The van der Waals surface area contributed by atoms with E-state index in [2.05, 4.69) is 10.1 Å². The first kappa shape index (κ1) is 15.6. The van der Waals surface area contributed by atoms with E-state index in [9.17, 15) is 4.79 Å².